The van der Waals surface area contributed by atoms with E-state index in [0.29, 0.717) is 29.1 Å². The van der Waals surface area contributed by atoms with Gasteiger partial charge in [-0.05, 0) is 38.5 Å². The van der Waals surface area contributed by atoms with E-state index in [0.717, 1.165) is 4.31 Å². The van der Waals surface area contributed by atoms with Gasteiger partial charge in [-0.3, -0.25) is 4.79 Å². The fraction of sp³-hybridized carbons (Fsp3) is 0.400. The van der Waals surface area contributed by atoms with Gasteiger partial charge in [0.15, 0.2) is 5.78 Å². The lowest BCUT2D eigenvalue weighted by atomic mass is 10.1. The second-order valence-corrected chi connectivity index (χ2v) is 8.28. The van der Waals surface area contributed by atoms with Gasteiger partial charge in [0, 0.05) is 24.3 Å². The molecule has 0 aliphatic heterocycles. The Morgan fingerprint density at radius 1 is 1.11 bits per heavy atom. The lowest BCUT2D eigenvalue weighted by molar-refractivity contribution is 0.0587. The molecule has 152 valence electrons. The molecule has 8 heteroatoms. The van der Waals surface area contributed by atoms with Crippen LogP contribution in [0.3, 0.4) is 0 Å². The van der Waals surface area contributed by atoms with Crippen LogP contribution in [0.1, 0.15) is 46.0 Å². The summed E-state index contributed by atoms with van der Waals surface area (Å²) >= 11 is 0. The van der Waals surface area contributed by atoms with Gasteiger partial charge in [0.25, 0.3) is 0 Å². The number of sulfonamides is 1. The van der Waals surface area contributed by atoms with Gasteiger partial charge in [-0.2, -0.15) is 4.31 Å². The van der Waals surface area contributed by atoms with Gasteiger partial charge in [-0.15, -0.1) is 0 Å². The minimum Gasteiger partial charge on any atom is -0.464 e. The number of Topliss-reactive ketones (excluding diaryl/α,β-unsaturated/α-hetero) is 1. The highest BCUT2D eigenvalue weighted by molar-refractivity contribution is 7.89. The van der Waals surface area contributed by atoms with Crippen LogP contribution in [0.4, 0.5) is 0 Å². The van der Waals surface area contributed by atoms with Gasteiger partial charge in [-0.1, -0.05) is 25.1 Å². The highest BCUT2D eigenvalue weighted by Crippen LogP contribution is 2.25. The minimum atomic E-state index is -3.80. The first-order valence-electron chi connectivity index (χ1n) is 9.06. The van der Waals surface area contributed by atoms with Crippen LogP contribution in [-0.2, 0) is 21.3 Å². The molecule has 0 bridgehead atoms. The van der Waals surface area contributed by atoms with Crippen LogP contribution in [0.2, 0.25) is 0 Å². The van der Waals surface area contributed by atoms with Crippen molar-refractivity contribution in [3.05, 3.63) is 52.8 Å². The average molecular weight is 407 g/mol. The molecule has 0 saturated carbocycles. The summed E-state index contributed by atoms with van der Waals surface area (Å²) in [5.41, 5.74) is 1.81. The first kappa shape index (κ1) is 21.8. The Balaban J connectivity index is 2.44. The zero-order valence-corrected chi connectivity index (χ0v) is 17.7. The monoisotopic (exact) mass is 406 g/mol. The molecule has 28 heavy (non-hydrogen) atoms. The highest BCUT2D eigenvalue weighted by atomic mass is 32.2. The van der Waals surface area contributed by atoms with Crippen molar-refractivity contribution in [1.29, 1.82) is 0 Å². The maximum absolute atomic E-state index is 13.1. The molecule has 0 amide bonds. The number of aromatic nitrogens is 1. The second kappa shape index (κ2) is 8.70. The molecule has 0 spiro atoms. The number of carbonyl (C=O) groups is 2. The van der Waals surface area contributed by atoms with Crippen LogP contribution in [0.25, 0.3) is 0 Å². The van der Waals surface area contributed by atoms with Crippen molar-refractivity contribution in [3.63, 3.8) is 0 Å². The van der Waals surface area contributed by atoms with Gasteiger partial charge >= 0.3 is 5.97 Å². The second-order valence-electron chi connectivity index (χ2n) is 6.34. The predicted octanol–water partition coefficient (Wildman–Crippen LogP) is 2.80. The molecule has 0 radical (unpaired) electrons. The van der Waals surface area contributed by atoms with Crippen LogP contribution < -0.4 is 0 Å². The number of carbonyl (C=O) groups excluding carboxylic acids is 2. The zero-order valence-electron chi connectivity index (χ0n) is 16.9. The lowest BCUT2D eigenvalue weighted by Crippen LogP contribution is -2.35. The van der Waals surface area contributed by atoms with Crippen LogP contribution in [0, 0.1) is 13.8 Å². The van der Waals surface area contributed by atoms with Crippen LogP contribution >= 0.6 is 0 Å². The van der Waals surface area contributed by atoms with Gasteiger partial charge in [0.2, 0.25) is 10.0 Å². The number of benzene rings is 1. The number of hydrogen-bond acceptors (Lipinski definition) is 5. The highest BCUT2D eigenvalue weighted by Gasteiger charge is 2.30. The van der Waals surface area contributed by atoms with Crippen LogP contribution in [-0.4, -0.2) is 49.2 Å². The van der Waals surface area contributed by atoms with E-state index in [1.165, 1.54) is 19.2 Å². The molecule has 7 nitrogen and oxygen atoms in total. The quantitative estimate of drug-likeness (QED) is 0.497. The normalized spacial score (nSPS) is 11.6. The first-order chi connectivity index (χ1) is 13.2. The topological polar surface area (TPSA) is 85.7 Å². The van der Waals surface area contributed by atoms with E-state index < -0.39 is 16.0 Å². The maximum atomic E-state index is 13.1. The fourth-order valence-electron chi connectivity index (χ4n) is 3.41. The third-order valence-electron chi connectivity index (χ3n) is 4.79. The van der Waals surface area contributed by atoms with Crippen molar-refractivity contribution in [2.45, 2.75) is 39.1 Å². The maximum Gasteiger partial charge on any atom is 0.354 e. The smallest absolute Gasteiger partial charge is 0.354 e. The molecular formula is C20H26N2O5S. The molecule has 0 fully saturated rings. The molecule has 1 aromatic carbocycles. The summed E-state index contributed by atoms with van der Waals surface area (Å²) in [5.74, 6) is -0.875. The molecule has 1 aromatic heterocycles. The number of rotatable bonds is 8. The van der Waals surface area contributed by atoms with Crippen molar-refractivity contribution in [2.24, 2.45) is 0 Å². The average Bonchev–Trinajstić information content (AvgIpc) is 2.95. The Hall–Kier alpha value is -2.45. The van der Waals surface area contributed by atoms with Gasteiger partial charge in [0.05, 0.1) is 18.6 Å². The molecule has 2 rings (SSSR count). The summed E-state index contributed by atoms with van der Waals surface area (Å²) in [6.45, 7) is 7.32. The Labute approximate surface area is 166 Å². The Bertz CT molecular complexity index is 978. The van der Waals surface area contributed by atoms with E-state index in [2.05, 4.69) is 0 Å². The third kappa shape index (κ3) is 3.88. The summed E-state index contributed by atoms with van der Waals surface area (Å²) in [7, 11) is -2.51. The molecule has 0 unspecified atom stereocenters. The largest absolute Gasteiger partial charge is 0.464 e. The summed E-state index contributed by atoms with van der Waals surface area (Å²) in [4.78, 5) is 25.4. The molecular weight excluding hydrogens is 380 g/mol. The number of likely N-dealkylation sites (N-methyl/N-ethyl adjacent to an activating group) is 1. The van der Waals surface area contributed by atoms with Crippen LogP contribution in [0.5, 0.6) is 0 Å². The van der Waals surface area contributed by atoms with Crippen molar-refractivity contribution in [1.82, 2.24) is 8.87 Å². The Morgan fingerprint density at radius 2 is 1.71 bits per heavy atom. The summed E-state index contributed by atoms with van der Waals surface area (Å²) in [6, 6.07) is 8.01. The molecule has 0 aliphatic carbocycles. The van der Waals surface area contributed by atoms with Crippen molar-refractivity contribution < 1.29 is 22.7 Å². The van der Waals surface area contributed by atoms with E-state index in [9.17, 15) is 18.0 Å². The summed E-state index contributed by atoms with van der Waals surface area (Å²) in [5, 5.41) is 0. The molecule has 0 N–H and O–H groups in total. The molecule has 1 heterocycles. The molecule has 2 aromatic rings. The van der Waals surface area contributed by atoms with E-state index in [4.69, 9.17) is 4.74 Å². The van der Waals surface area contributed by atoms with Crippen molar-refractivity contribution in [2.75, 3.05) is 20.2 Å². The fourth-order valence-corrected chi connectivity index (χ4v) is 4.83. The van der Waals surface area contributed by atoms with Crippen LogP contribution in [0.15, 0.2) is 35.2 Å². The van der Waals surface area contributed by atoms with E-state index in [-0.39, 0.29) is 23.8 Å². The third-order valence-corrected chi connectivity index (χ3v) is 6.73. The van der Waals surface area contributed by atoms with Gasteiger partial charge < -0.3 is 9.30 Å². The number of methoxy groups -OCH3 is 1. The van der Waals surface area contributed by atoms with E-state index >= 15 is 0 Å². The van der Waals surface area contributed by atoms with E-state index in [1.54, 1.807) is 43.5 Å². The molecule has 0 atom stereocenters. The SMILES string of the molecule is CCN(CC(=O)c1c(C)c(C(=O)OC)n(CC)c1C)S(=O)(=O)c1ccccc1. The number of ether oxygens (including phenoxy) is 1. The molecule has 0 saturated heterocycles. The lowest BCUT2D eigenvalue weighted by Gasteiger charge is -2.20. The number of ketones is 1. The van der Waals surface area contributed by atoms with Crippen molar-refractivity contribution >= 4 is 21.8 Å². The molecule has 0 aliphatic rings. The Kier molecular flexibility index (Phi) is 6.79. The number of nitrogens with zero attached hydrogens (tertiary/aromatic N) is 2. The standard InChI is InChI=1S/C20H26N2O5S/c1-6-21(28(25,26)16-11-9-8-10-12-16)13-17(23)18-14(3)19(20(24)27-5)22(7-2)15(18)4/h8-12H,6-7,13H2,1-5H3. The minimum absolute atomic E-state index is 0.138. The van der Waals surface area contributed by atoms with Gasteiger partial charge in [-0.25, -0.2) is 13.2 Å². The van der Waals surface area contributed by atoms with Gasteiger partial charge in [0.1, 0.15) is 5.69 Å². The Morgan fingerprint density at radius 3 is 2.21 bits per heavy atom. The van der Waals surface area contributed by atoms with Crippen molar-refractivity contribution in [3.8, 4) is 0 Å². The summed E-state index contributed by atoms with van der Waals surface area (Å²) in [6.07, 6.45) is 0. The van der Waals surface area contributed by atoms with E-state index in [1.807, 2.05) is 6.92 Å². The summed E-state index contributed by atoms with van der Waals surface area (Å²) < 4.78 is 33.5. The first-order valence-corrected chi connectivity index (χ1v) is 10.5. The zero-order chi connectivity index (χ0) is 21.1. The number of hydrogen-bond donors (Lipinski definition) is 0. The predicted molar refractivity (Wildman–Crippen MR) is 106 cm³/mol. The number of esters is 1.